The predicted octanol–water partition coefficient (Wildman–Crippen LogP) is 1.71. The molecule has 11 rings (SSSR count). The SMILES string of the molecule is CN(C(=O)c1ccc(C(=O)N(C)[C@@H]2OC(CO)[C@H](O)[C@@H](n3cc(-c4cccc(F)c4)nn3)C2O)cc1)[C@@H]1OC(CO)[C@H](O)[C@H](n2cc(-c3cccc(F)c3)nn2)C1O.CNC1OC(CO)[C@H](O)[C@H](n2cc(-c3cccc(F)c3)nn2)C1O.O=C(Cl)c1ccc(C(=O)Cl)cc1. The molecule has 3 fully saturated rings. The largest absolute Gasteiger partial charge is 0.394 e. The van der Waals surface area contributed by atoms with Crippen LogP contribution >= 0.6 is 23.2 Å². The highest BCUT2D eigenvalue weighted by molar-refractivity contribution is 6.68. The summed E-state index contributed by atoms with van der Waals surface area (Å²) in [6, 6.07) is 24.9. The van der Waals surface area contributed by atoms with Gasteiger partial charge in [-0.25, -0.2) is 27.2 Å². The highest BCUT2D eigenvalue weighted by atomic mass is 35.5. The number of benzene rings is 5. The van der Waals surface area contributed by atoms with Crippen molar-refractivity contribution in [1.29, 1.82) is 0 Å². The number of amides is 2. The summed E-state index contributed by atoms with van der Waals surface area (Å²) in [6.07, 6.45) is -11.2. The third-order valence-corrected chi connectivity index (χ3v) is 16.3. The van der Waals surface area contributed by atoms with Gasteiger partial charge < -0.3 is 70.0 Å². The van der Waals surface area contributed by atoms with E-state index in [0.29, 0.717) is 33.5 Å². The lowest BCUT2D eigenvalue weighted by Gasteiger charge is -2.45. The number of aliphatic hydroxyl groups is 9. The Labute approximate surface area is 542 Å². The van der Waals surface area contributed by atoms with Gasteiger partial charge in [-0.15, -0.1) is 15.3 Å². The van der Waals surface area contributed by atoms with Crippen LogP contribution in [0.5, 0.6) is 0 Å². The van der Waals surface area contributed by atoms with E-state index in [-0.39, 0.29) is 22.5 Å². The molecule has 3 aromatic heterocycles. The van der Waals surface area contributed by atoms with E-state index in [2.05, 4.69) is 36.3 Å². The number of carbonyl (C=O) groups excluding carboxylic acids is 4. The number of carbonyl (C=O) groups is 4. The van der Waals surface area contributed by atoms with Crippen LogP contribution in [0.1, 0.15) is 59.6 Å². The molecular formula is C61H63Cl2F3N12O16. The molecular weight excluding hydrogens is 1280 g/mol. The third-order valence-electron chi connectivity index (χ3n) is 15.8. The highest BCUT2D eigenvalue weighted by Gasteiger charge is 2.51. The van der Waals surface area contributed by atoms with Gasteiger partial charge in [0.05, 0.1) is 38.4 Å². The summed E-state index contributed by atoms with van der Waals surface area (Å²) in [4.78, 5) is 50.7. The molecule has 3 saturated heterocycles. The maximum Gasteiger partial charge on any atom is 0.255 e. The number of nitrogens with one attached hydrogen (secondary N) is 1. The minimum Gasteiger partial charge on any atom is -0.394 e. The maximum absolute atomic E-state index is 13.9. The van der Waals surface area contributed by atoms with Crippen molar-refractivity contribution >= 4 is 45.5 Å². The fourth-order valence-corrected chi connectivity index (χ4v) is 11.1. The summed E-state index contributed by atoms with van der Waals surface area (Å²) in [6.45, 7) is -1.76. The molecule has 498 valence electrons. The Kier molecular flexibility index (Phi) is 22.9. The lowest BCUT2D eigenvalue weighted by molar-refractivity contribution is -0.235. The fraction of sp³-hybridized carbons (Fsp3) is 0.344. The summed E-state index contributed by atoms with van der Waals surface area (Å²) in [5, 5.41) is 121. The van der Waals surface area contributed by atoms with Gasteiger partial charge in [-0.1, -0.05) is 52.0 Å². The van der Waals surface area contributed by atoms with Crippen molar-refractivity contribution in [1.82, 2.24) is 60.1 Å². The van der Waals surface area contributed by atoms with Gasteiger partial charge in [0.1, 0.15) is 114 Å². The zero-order valence-corrected chi connectivity index (χ0v) is 51.3. The van der Waals surface area contributed by atoms with Gasteiger partial charge in [-0.05, 0) is 115 Å². The van der Waals surface area contributed by atoms with E-state index in [1.54, 1.807) is 31.3 Å². The first-order valence-corrected chi connectivity index (χ1v) is 29.4. The normalized spacial score (nSPS) is 25.8. The molecule has 0 spiro atoms. The van der Waals surface area contributed by atoms with Gasteiger partial charge in [0.25, 0.3) is 22.3 Å². The first-order chi connectivity index (χ1) is 45.0. The molecule has 2 amide bonds. The molecule has 5 aromatic carbocycles. The molecule has 0 bridgehead atoms. The summed E-state index contributed by atoms with van der Waals surface area (Å²) >= 11 is 10.4. The van der Waals surface area contributed by atoms with Crippen molar-refractivity contribution < 1.29 is 92.5 Å². The zero-order chi connectivity index (χ0) is 67.8. The minimum absolute atomic E-state index is 0.0626. The fourth-order valence-electron chi connectivity index (χ4n) is 10.8. The van der Waals surface area contributed by atoms with Crippen LogP contribution in [-0.4, -0.2) is 238 Å². The second-order valence-electron chi connectivity index (χ2n) is 21.8. The van der Waals surface area contributed by atoms with E-state index < -0.39 is 151 Å². The van der Waals surface area contributed by atoms with Crippen molar-refractivity contribution in [3.05, 3.63) is 180 Å². The van der Waals surface area contributed by atoms with Gasteiger partial charge in [-0.2, -0.15) is 0 Å². The van der Waals surface area contributed by atoms with Crippen LogP contribution in [-0.2, 0) is 14.2 Å². The van der Waals surface area contributed by atoms with Gasteiger partial charge >= 0.3 is 0 Å². The van der Waals surface area contributed by atoms with Crippen molar-refractivity contribution in [2.75, 3.05) is 41.0 Å². The van der Waals surface area contributed by atoms with Gasteiger partial charge in [0.15, 0.2) is 12.5 Å². The standard InChI is InChI=1S/C38H40F2N8O10.C15H19FN4O4.C8H4Cl2O2/c1-45(37-33(53)29(31(51)27(17-49)57-37)47-15-25(41-43-47)21-5-3-7-23(39)13-21)35(55)19-9-11-20(12-10-19)36(56)46(2)38-34(54)30(32(52)28(18-50)58-38)48-16-26(42-44-48)22-6-4-8-24(40)14-22;1-17-15-14(23)12(13(22)11(7-21)24-15)20-6-10(18-19-20)8-3-2-4-9(16)5-8;9-7(11)5-1-2-6(4-3-5)8(10)12/h3-16,27-34,37-38,49-54H,17-18H2,1-2H3;2-6,11-15,17,21-23H,7H2,1H3;1-4H/t27?,28?,29-,30+,31-,32-,33?,34?,37+,38+;11?,12-,13-,14?,15?;/m00./s1. The first kappa shape index (κ1) is 70.0. The Morgan fingerprint density at radius 2 is 0.766 bits per heavy atom. The summed E-state index contributed by atoms with van der Waals surface area (Å²) < 4.78 is 61.6. The van der Waals surface area contributed by atoms with Crippen LogP contribution in [0.4, 0.5) is 13.2 Å². The number of hydrogen-bond acceptors (Lipinski definition) is 23. The molecule has 3 aliphatic heterocycles. The number of aromatic nitrogens is 9. The number of likely N-dealkylation sites (N-methyl/N-ethyl adjacent to an activating group) is 3. The van der Waals surface area contributed by atoms with E-state index >= 15 is 0 Å². The smallest absolute Gasteiger partial charge is 0.255 e. The molecule has 0 radical (unpaired) electrons. The lowest BCUT2D eigenvalue weighted by atomic mass is 9.94. The van der Waals surface area contributed by atoms with Crippen LogP contribution < -0.4 is 5.32 Å². The zero-order valence-electron chi connectivity index (χ0n) is 49.8. The van der Waals surface area contributed by atoms with Crippen molar-refractivity contribution in [2.24, 2.45) is 0 Å². The molecule has 0 saturated carbocycles. The van der Waals surface area contributed by atoms with Crippen LogP contribution in [0.3, 0.4) is 0 Å². The van der Waals surface area contributed by atoms with E-state index in [0.717, 1.165) is 19.2 Å². The quantitative estimate of drug-likeness (QED) is 0.0616. The van der Waals surface area contributed by atoms with Gasteiger partial charge in [-0.3, -0.25) is 24.5 Å². The topological polar surface area (TPSA) is 389 Å². The molecule has 0 aliphatic carbocycles. The summed E-state index contributed by atoms with van der Waals surface area (Å²) in [5.74, 6) is -2.74. The average Bonchev–Trinajstić information content (AvgIpc) is 1.31. The molecule has 6 heterocycles. The molecule has 94 heavy (non-hydrogen) atoms. The Balaban J connectivity index is 0.000000234. The van der Waals surface area contributed by atoms with Gasteiger partial charge in [0, 0.05) is 53.0 Å². The molecule has 7 unspecified atom stereocenters. The summed E-state index contributed by atoms with van der Waals surface area (Å²) in [5.41, 5.74) is 3.02. The van der Waals surface area contributed by atoms with E-state index in [1.807, 2.05) is 0 Å². The van der Waals surface area contributed by atoms with Crippen molar-refractivity contribution in [3.63, 3.8) is 0 Å². The highest BCUT2D eigenvalue weighted by Crippen LogP contribution is 2.36. The van der Waals surface area contributed by atoms with Crippen LogP contribution in [0.25, 0.3) is 33.8 Å². The molecule has 10 N–H and O–H groups in total. The van der Waals surface area contributed by atoms with Gasteiger partial charge in [0.2, 0.25) is 0 Å². The van der Waals surface area contributed by atoms with Crippen LogP contribution in [0, 0.1) is 17.5 Å². The second-order valence-corrected chi connectivity index (χ2v) is 22.5. The number of aliphatic hydroxyl groups excluding tert-OH is 9. The number of nitrogens with zero attached hydrogens (tertiary/aromatic N) is 11. The molecule has 33 heteroatoms. The first-order valence-electron chi connectivity index (χ1n) is 28.7. The van der Waals surface area contributed by atoms with E-state index in [1.165, 1.54) is 134 Å². The van der Waals surface area contributed by atoms with Crippen LogP contribution in [0.15, 0.2) is 140 Å². The Bertz CT molecular complexity index is 3710. The van der Waals surface area contributed by atoms with E-state index in [9.17, 15) is 78.3 Å². The van der Waals surface area contributed by atoms with E-state index in [4.69, 9.17) is 37.4 Å². The number of halogens is 5. The summed E-state index contributed by atoms with van der Waals surface area (Å²) in [7, 11) is 4.27. The molecule has 3 aliphatic rings. The third kappa shape index (κ3) is 15.4. The number of ether oxygens (including phenoxy) is 3. The maximum atomic E-state index is 13.9. The average molecular weight is 1350 g/mol. The Morgan fingerprint density at radius 3 is 1.05 bits per heavy atom. The lowest BCUT2D eigenvalue weighted by Crippen LogP contribution is -2.61. The minimum atomic E-state index is -1.60. The second kappa shape index (κ2) is 30.8. The number of hydrogen-bond donors (Lipinski definition) is 10. The molecule has 28 nitrogen and oxygen atoms in total. The van der Waals surface area contributed by atoms with Crippen molar-refractivity contribution in [3.8, 4) is 33.8 Å². The number of rotatable bonds is 16. The Morgan fingerprint density at radius 1 is 0.468 bits per heavy atom. The molecule has 15 atom stereocenters. The van der Waals surface area contributed by atoms with Crippen molar-refractivity contribution in [2.45, 2.75) is 91.7 Å². The molecule has 8 aromatic rings. The monoisotopic (exact) mass is 1350 g/mol. The van der Waals surface area contributed by atoms with Crippen LogP contribution in [0.2, 0.25) is 0 Å². The predicted molar refractivity (Wildman–Crippen MR) is 323 cm³/mol. The Hall–Kier alpha value is -8.35.